The van der Waals surface area contributed by atoms with Gasteiger partial charge in [0.25, 0.3) is 5.60 Å². The topological polar surface area (TPSA) is 56.8 Å². The van der Waals surface area contributed by atoms with Crippen molar-refractivity contribution in [2.75, 3.05) is 12.4 Å². The molecule has 1 saturated heterocycles. The highest BCUT2D eigenvalue weighted by Crippen LogP contribution is 2.56. The molecule has 1 spiro atoms. The van der Waals surface area contributed by atoms with Gasteiger partial charge >= 0.3 is 12.3 Å². The number of rotatable bonds is 3. The number of hydrogen-bond acceptors (Lipinski definition) is 6. The van der Waals surface area contributed by atoms with Crippen molar-refractivity contribution in [1.82, 2.24) is 5.32 Å². The van der Waals surface area contributed by atoms with Crippen LogP contribution >= 0.6 is 24.8 Å². The Hall–Kier alpha value is -0.740. The number of thiocarbonyl (C=S) groups is 1. The van der Waals surface area contributed by atoms with Crippen molar-refractivity contribution in [3.05, 3.63) is 0 Å². The summed E-state index contributed by atoms with van der Waals surface area (Å²) in [4.78, 5) is 11.8. The molecule has 1 saturated carbocycles. The Morgan fingerprint density at radius 2 is 1.88 bits per heavy atom. The van der Waals surface area contributed by atoms with Crippen molar-refractivity contribution < 1.29 is 32.2 Å². The first-order valence-electron chi connectivity index (χ1n) is 8.37. The van der Waals surface area contributed by atoms with Crippen LogP contribution in [0.4, 0.5) is 18.0 Å². The van der Waals surface area contributed by atoms with E-state index in [1.165, 1.54) is 0 Å². The molecular weight excluding hydrogens is 391 g/mol. The molecule has 0 radical (unpaired) electrons. The van der Waals surface area contributed by atoms with Crippen molar-refractivity contribution in [3.8, 4) is 0 Å². The van der Waals surface area contributed by atoms with Gasteiger partial charge in [0.15, 0.2) is 5.05 Å². The Balaban J connectivity index is 2.04. The predicted molar refractivity (Wildman–Crippen MR) is 96.6 cm³/mol. The van der Waals surface area contributed by atoms with Crippen LogP contribution in [-0.2, 0) is 14.2 Å². The molecule has 0 bridgehead atoms. The third-order valence-electron chi connectivity index (χ3n) is 4.68. The van der Waals surface area contributed by atoms with Crippen LogP contribution in [0.15, 0.2) is 0 Å². The fourth-order valence-corrected chi connectivity index (χ4v) is 3.61. The quantitative estimate of drug-likeness (QED) is 0.543. The number of amides is 1. The largest absolute Gasteiger partial charge is 0.465 e. The maximum Gasteiger partial charge on any atom is 0.433 e. The van der Waals surface area contributed by atoms with Gasteiger partial charge in [0.1, 0.15) is 11.2 Å². The zero-order valence-electron chi connectivity index (χ0n) is 14.9. The Labute approximate surface area is 161 Å². The van der Waals surface area contributed by atoms with Crippen LogP contribution in [0.2, 0.25) is 0 Å². The molecule has 2 fully saturated rings. The van der Waals surface area contributed by atoms with Gasteiger partial charge in [-0.15, -0.1) is 0 Å². The number of nitrogens with one attached hydrogen (secondary N) is 1. The number of carbonyl (C=O) groups is 1. The molecule has 1 heterocycles. The SMILES string of the molecule is CC(C)(C)OC(=O)NC1CCC2(CC1)OCC2(OC(=S)CS)C(F)(F)F. The van der Waals surface area contributed by atoms with E-state index in [0.717, 1.165) is 0 Å². The summed E-state index contributed by atoms with van der Waals surface area (Å²) in [5.74, 6) is -0.0773. The standard InChI is InChI=1S/C16H24F3NO4S2/c1-13(2,3)24-12(21)20-10-4-6-14(7-5-10)15(9-22-14,16(17,18)19)23-11(26)8-25/h10,25H,4-9H2,1-3H3,(H,20,21). The van der Waals surface area contributed by atoms with E-state index in [1.54, 1.807) is 20.8 Å². The average Bonchev–Trinajstić information content (AvgIpc) is 2.48. The van der Waals surface area contributed by atoms with Gasteiger partial charge in [-0.25, -0.2) is 4.79 Å². The molecule has 26 heavy (non-hydrogen) atoms. The van der Waals surface area contributed by atoms with Gasteiger partial charge in [-0.05, 0) is 58.7 Å². The monoisotopic (exact) mass is 415 g/mol. The fourth-order valence-electron chi connectivity index (χ4n) is 3.41. The van der Waals surface area contributed by atoms with Crippen LogP contribution in [0.25, 0.3) is 0 Å². The summed E-state index contributed by atoms with van der Waals surface area (Å²) in [5.41, 5.74) is -4.57. The Morgan fingerprint density at radius 3 is 2.27 bits per heavy atom. The minimum Gasteiger partial charge on any atom is -0.465 e. The van der Waals surface area contributed by atoms with E-state index in [-0.39, 0.29) is 29.7 Å². The third kappa shape index (κ3) is 4.22. The lowest BCUT2D eigenvalue weighted by atomic mass is 9.67. The second-order valence-corrected chi connectivity index (χ2v) is 8.43. The van der Waals surface area contributed by atoms with E-state index in [1.807, 2.05) is 0 Å². The van der Waals surface area contributed by atoms with Crippen LogP contribution in [0.5, 0.6) is 0 Å². The van der Waals surface area contributed by atoms with E-state index in [4.69, 9.17) is 26.4 Å². The minimum atomic E-state index is -4.62. The molecular formula is C16H24F3NO4S2. The zero-order valence-corrected chi connectivity index (χ0v) is 16.7. The second kappa shape index (κ2) is 7.35. The predicted octanol–water partition coefficient (Wildman–Crippen LogP) is 3.80. The Morgan fingerprint density at radius 1 is 1.31 bits per heavy atom. The van der Waals surface area contributed by atoms with Crippen molar-refractivity contribution in [3.63, 3.8) is 0 Å². The first kappa shape index (κ1) is 21.6. The molecule has 1 atom stereocenters. The van der Waals surface area contributed by atoms with E-state index in [0.29, 0.717) is 12.8 Å². The molecule has 1 amide bonds. The van der Waals surface area contributed by atoms with Gasteiger partial charge < -0.3 is 19.5 Å². The number of alkyl halides is 3. The van der Waals surface area contributed by atoms with Gasteiger partial charge in [-0.1, -0.05) is 0 Å². The number of ether oxygens (including phenoxy) is 3. The van der Waals surface area contributed by atoms with Crippen LogP contribution in [0.3, 0.4) is 0 Å². The number of halogens is 3. The van der Waals surface area contributed by atoms with E-state index < -0.39 is 35.7 Å². The van der Waals surface area contributed by atoms with Crippen molar-refractivity contribution >= 4 is 36.0 Å². The first-order chi connectivity index (χ1) is 11.8. The van der Waals surface area contributed by atoms with Crippen molar-refractivity contribution in [2.24, 2.45) is 0 Å². The second-order valence-electron chi connectivity index (χ2n) is 7.66. The van der Waals surface area contributed by atoms with Crippen LogP contribution < -0.4 is 5.32 Å². The molecule has 2 aliphatic rings. The molecule has 150 valence electrons. The molecule has 1 N–H and O–H groups in total. The van der Waals surface area contributed by atoms with Gasteiger partial charge in [0.2, 0.25) is 0 Å². The summed E-state index contributed by atoms with van der Waals surface area (Å²) in [6.07, 6.45) is -4.35. The lowest BCUT2D eigenvalue weighted by Crippen LogP contribution is -2.77. The maximum atomic E-state index is 13.8. The van der Waals surface area contributed by atoms with E-state index >= 15 is 0 Å². The highest BCUT2D eigenvalue weighted by atomic mass is 32.1. The summed E-state index contributed by atoms with van der Waals surface area (Å²) in [6, 6.07) is -0.276. The average molecular weight is 415 g/mol. The number of carbonyl (C=O) groups excluding carboxylic acids is 1. The van der Waals surface area contributed by atoms with E-state index in [9.17, 15) is 18.0 Å². The summed E-state index contributed by atoms with van der Waals surface area (Å²) in [7, 11) is 0. The molecule has 1 unspecified atom stereocenters. The lowest BCUT2D eigenvalue weighted by Gasteiger charge is -2.59. The van der Waals surface area contributed by atoms with Gasteiger partial charge in [-0.3, -0.25) is 0 Å². The van der Waals surface area contributed by atoms with Crippen LogP contribution in [0.1, 0.15) is 46.5 Å². The van der Waals surface area contributed by atoms with Gasteiger partial charge in [0, 0.05) is 6.04 Å². The first-order valence-corrected chi connectivity index (χ1v) is 9.41. The summed E-state index contributed by atoms with van der Waals surface area (Å²) in [6.45, 7) is 4.63. The highest BCUT2D eigenvalue weighted by molar-refractivity contribution is 7.85. The summed E-state index contributed by atoms with van der Waals surface area (Å²) < 4.78 is 57.1. The van der Waals surface area contributed by atoms with Crippen molar-refractivity contribution in [2.45, 2.75) is 75.5 Å². The highest BCUT2D eigenvalue weighted by Gasteiger charge is 2.76. The molecule has 0 aromatic heterocycles. The van der Waals surface area contributed by atoms with Gasteiger partial charge in [0.05, 0.1) is 12.4 Å². The Bertz CT molecular complexity index is 557. The third-order valence-corrected chi connectivity index (χ3v) is 5.41. The molecule has 0 aromatic rings. The molecule has 1 aliphatic carbocycles. The minimum absolute atomic E-state index is 0.0773. The summed E-state index contributed by atoms with van der Waals surface area (Å²) in [5, 5.41) is 2.50. The number of hydrogen-bond donors (Lipinski definition) is 2. The molecule has 2 rings (SSSR count). The van der Waals surface area contributed by atoms with Crippen LogP contribution in [-0.4, -0.2) is 52.5 Å². The number of alkyl carbamates (subject to hydrolysis) is 1. The molecule has 10 heteroatoms. The lowest BCUT2D eigenvalue weighted by molar-refractivity contribution is -0.405. The zero-order chi connectivity index (χ0) is 19.8. The molecule has 0 aromatic carbocycles. The fraction of sp³-hybridized carbons (Fsp3) is 0.875. The maximum absolute atomic E-state index is 13.8. The van der Waals surface area contributed by atoms with Crippen LogP contribution in [0, 0.1) is 0 Å². The van der Waals surface area contributed by atoms with Gasteiger partial charge in [-0.2, -0.15) is 25.8 Å². The van der Waals surface area contributed by atoms with E-state index in [2.05, 4.69) is 17.9 Å². The smallest absolute Gasteiger partial charge is 0.433 e. The van der Waals surface area contributed by atoms with Crippen molar-refractivity contribution in [1.29, 1.82) is 0 Å². The summed E-state index contributed by atoms with van der Waals surface area (Å²) >= 11 is 8.72. The molecule has 1 aliphatic heterocycles. The number of thiol groups is 1. The molecule has 5 nitrogen and oxygen atoms in total. The Kier molecular flexibility index (Phi) is 6.09. The normalized spacial score (nSPS) is 31.9.